The molecular weight excluding hydrogens is 456 g/mol. The zero-order chi connectivity index (χ0) is 25.5. The van der Waals surface area contributed by atoms with Gasteiger partial charge in [-0.15, -0.1) is 0 Å². The molecule has 0 atom stereocenters. The van der Waals surface area contributed by atoms with Gasteiger partial charge in [0.1, 0.15) is 0 Å². The summed E-state index contributed by atoms with van der Waals surface area (Å²) >= 11 is 0. The van der Waals surface area contributed by atoms with Crippen molar-refractivity contribution in [2.45, 2.75) is 13.3 Å². The highest BCUT2D eigenvalue weighted by atomic mass is 16.5. The van der Waals surface area contributed by atoms with E-state index in [4.69, 9.17) is 18.9 Å². The molecule has 0 unspecified atom stereocenters. The Morgan fingerprint density at radius 1 is 1.00 bits per heavy atom. The summed E-state index contributed by atoms with van der Waals surface area (Å²) in [4.78, 5) is 37.9. The number of carbonyl (C=O) groups is 2. The van der Waals surface area contributed by atoms with Crippen molar-refractivity contribution in [1.29, 1.82) is 0 Å². The van der Waals surface area contributed by atoms with Gasteiger partial charge in [0.25, 0.3) is 11.5 Å². The van der Waals surface area contributed by atoms with Crippen LogP contribution in [0.1, 0.15) is 28.5 Å². The summed E-state index contributed by atoms with van der Waals surface area (Å²) in [6.45, 7) is 1.55. The SMILES string of the molecule is COC(=O)Cc1[nH]n(-c2ccccc2)c(=O)c1/C(C)=N/NC(=O)c1cc(OC)c(OC)c(OC)c1. The first-order chi connectivity index (χ1) is 16.8. The van der Waals surface area contributed by atoms with E-state index in [2.05, 4.69) is 15.6 Å². The van der Waals surface area contributed by atoms with Crippen LogP contribution in [0.5, 0.6) is 17.2 Å². The maximum atomic E-state index is 13.2. The molecule has 0 radical (unpaired) electrons. The van der Waals surface area contributed by atoms with Crippen molar-refractivity contribution in [1.82, 2.24) is 15.2 Å². The topological polar surface area (TPSA) is 133 Å². The lowest BCUT2D eigenvalue weighted by Crippen LogP contribution is -2.24. The highest BCUT2D eigenvalue weighted by molar-refractivity contribution is 6.02. The first-order valence-corrected chi connectivity index (χ1v) is 10.5. The molecule has 11 heteroatoms. The number of aromatic amines is 1. The van der Waals surface area contributed by atoms with Gasteiger partial charge in [-0.2, -0.15) is 5.10 Å². The maximum Gasteiger partial charge on any atom is 0.311 e. The predicted octanol–water partition coefficient (Wildman–Crippen LogP) is 2.06. The summed E-state index contributed by atoms with van der Waals surface area (Å²) < 4.78 is 21.9. The van der Waals surface area contributed by atoms with Gasteiger partial charge >= 0.3 is 5.97 Å². The number of hydrogen-bond donors (Lipinski definition) is 2. The summed E-state index contributed by atoms with van der Waals surface area (Å²) in [5.74, 6) is -0.171. The first-order valence-electron chi connectivity index (χ1n) is 10.5. The molecule has 1 heterocycles. The summed E-state index contributed by atoms with van der Waals surface area (Å²) in [6, 6.07) is 11.8. The van der Waals surface area contributed by atoms with Gasteiger partial charge in [-0.25, -0.2) is 10.1 Å². The van der Waals surface area contributed by atoms with Crippen molar-refractivity contribution in [3.63, 3.8) is 0 Å². The lowest BCUT2D eigenvalue weighted by Gasteiger charge is -2.13. The monoisotopic (exact) mass is 482 g/mol. The quantitative estimate of drug-likeness (QED) is 0.271. The number of H-pyrrole nitrogens is 1. The Bertz CT molecular complexity index is 1280. The van der Waals surface area contributed by atoms with Gasteiger partial charge in [0.2, 0.25) is 5.75 Å². The van der Waals surface area contributed by atoms with Crippen LogP contribution in [0, 0.1) is 0 Å². The van der Waals surface area contributed by atoms with Crippen LogP contribution in [0.25, 0.3) is 5.69 Å². The molecule has 3 rings (SSSR count). The van der Waals surface area contributed by atoms with Crippen LogP contribution in [0.15, 0.2) is 52.4 Å². The molecule has 0 bridgehead atoms. The molecule has 11 nitrogen and oxygen atoms in total. The number of nitrogens with one attached hydrogen (secondary N) is 2. The fraction of sp³-hybridized carbons (Fsp3) is 0.250. The normalized spacial score (nSPS) is 11.1. The Morgan fingerprint density at radius 2 is 1.63 bits per heavy atom. The zero-order valence-electron chi connectivity index (χ0n) is 20.0. The minimum atomic E-state index is -0.572. The Balaban J connectivity index is 1.97. The molecule has 1 amide bonds. The molecule has 0 aliphatic heterocycles. The van der Waals surface area contributed by atoms with Crippen LogP contribution in [0.3, 0.4) is 0 Å². The van der Waals surface area contributed by atoms with Crippen molar-refractivity contribution in [3.8, 4) is 22.9 Å². The Kier molecular flexibility index (Phi) is 7.92. The molecule has 1 aromatic heterocycles. The fourth-order valence-electron chi connectivity index (χ4n) is 3.43. The summed E-state index contributed by atoms with van der Waals surface area (Å²) in [6.07, 6.45) is -0.186. The second kappa shape index (κ2) is 11.1. The van der Waals surface area contributed by atoms with Crippen LogP contribution < -0.4 is 25.2 Å². The number of esters is 1. The minimum Gasteiger partial charge on any atom is -0.493 e. The van der Waals surface area contributed by atoms with Crippen molar-refractivity contribution >= 4 is 17.6 Å². The third-order valence-electron chi connectivity index (χ3n) is 5.14. The average Bonchev–Trinajstić information content (AvgIpc) is 3.21. The van der Waals surface area contributed by atoms with Crippen molar-refractivity contribution < 1.29 is 28.5 Å². The molecule has 2 aromatic carbocycles. The number of amides is 1. The zero-order valence-corrected chi connectivity index (χ0v) is 20.0. The number of para-hydroxylation sites is 1. The number of nitrogens with zero attached hydrogens (tertiary/aromatic N) is 2. The van der Waals surface area contributed by atoms with E-state index in [0.717, 1.165) is 0 Å². The number of hydrogen-bond acceptors (Lipinski definition) is 8. The van der Waals surface area contributed by atoms with E-state index in [9.17, 15) is 14.4 Å². The largest absolute Gasteiger partial charge is 0.493 e. The number of benzene rings is 2. The van der Waals surface area contributed by atoms with Gasteiger partial charge in [0, 0.05) is 5.56 Å². The van der Waals surface area contributed by atoms with Crippen molar-refractivity contribution in [2.24, 2.45) is 5.10 Å². The molecule has 0 fully saturated rings. The lowest BCUT2D eigenvalue weighted by molar-refractivity contribution is -0.139. The van der Waals surface area contributed by atoms with Gasteiger partial charge in [-0.05, 0) is 31.2 Å². The third-order valence-corrected chi connectivity index (χ3v) is 5.14. The first kappa shape index (κ1) is 25.1. The molecule has 35 heavy (non-hydrogen) atoms. The smallest absolute Gasteiger partial charge is 0.311 e. The number of ether oxygens (including phenoxy) is 4. The Labute approximate surface area is 201 Å². The average molecular weight is 482 g/mol. The molecular formula is C24H26N4O7. The minimum absolute atomic E-state index is 0.143. The van der Waals surface area contributed by atoms with E-state index in [1.807, 2.05) is 6.07 Å². The molecule has 2 N–H and O–H groups in total. The van der Waals surface area contributed by atoms with Crippen molar-refractivity contribution in [3.05, 3.63) is 69.6 Å². The van der Waals surface area contributed by atoms with Crippen LogP contribution >= 0.6 is 0 Å². The second-order valence-electron chi connectivity index (χ2n) is 7.25. The van der Waals surface area contributed by atoms with E-state index >= 15 is 0 Å². The van der Waals surface area contributed by atoms with E-state index in [0.29, 0.717) is 28.6 Å². The molecule has 0 saturated heterocycles. The van der Waals surface area contributed by atoms with Gasteiger partial charge in [0.15, 0.2) is 11.5 Å². The highest BCUT2D eigenvalue weighted by Gasteiger charge is 2.21. The highest BCUT2D eigenvalue weighted by Crippen LogP contribution is 2.38. The van der Waals surface area contributed by atoms with E-state index in [1.54, 1.807) is 31.2 Å². The summed E-state index contributed by atoms with van der Waals surface area (Å²) in [7, 11) is 5.59. The molecule has 184 valence electrons. The van der Waals surface area contributed by atoms with E-state index < -0.39 is 17.4 Å². The lowest BCUT2D eigenvalue weighted by atomic mass is 10.1. The molecule has 3 aromatic rings. The van der Waals surface area contributed by atoms with Crippen LogP contribution in [0.2, 0.25) is 0 Å². The van der Waals surface area contributed by atoms with E-state index in [1.165, 1.54) is 45.3 Å². The predicted molar refractivity (Wildman–Crippen MR) is 128 cm³/mol. The van der Waals surface area contributed by atoms with Gasteiger partial charge in [-0.3, -0.25) is 19.5 Å². The Hall–Kier alpha value is -4.54. The van der Waals surface area contributed by atoms with Crippen LogP contribution in [-0.2, 0) is 16.0 Å². The molecule has 0 aliphatic carbocycles. The Morgan fingerprint density at radius 3 is 2.17 bits per heavy atom. The second-order valence-corrected chi connectivity index (χ2v) is 7.25. The number of rotatable bonds is 9. The molecule has 0 spiro atoms. The summed E-state index contributed by atoms with van der Waals surface area (Å²) in [5.41, 5.74) is 3.40. The van der Waals surface area contributed by atoms with Crippen LogP contribution in [-0.4, -0.2) is 55.8 Å². The number of methoxy groups -OCH3 is 4. The fourth-order valence-corrected chi connectivity index (χ4v) is 3.43. The number of carbonyl (C=O) groups excluding carboxylic acids is 2. The van der Waals surface area contributed by atoms with Gasteiger partial charge < -0.3 is 18.9 Å². The molecule has 0 aliphatic rings. The maximum absolute atomic E-state index is 13.2. The van der Waals surface area contributed by atoms with Crippen molar-refractivity contribution in [2.75, 3.05) is 28.4 Å². The number of aromatic nitrogens is 2. The van der Waals surface area contributed by atoms with Gasteiger partial charge in [-0.1, -0.05) is 18.2 Å². The van der Waals surface area contributed by atoms with Crippen LogP contribution in [0.4, 0.5) is 0 Å². The third kappa shape index (κ3) is 5.35. The number of hydrazone groups is 1. The standard InChI is InChI=1S/C24H26N4O7/c1-14(25-26-23(30)15-11-18(32-2)22(35-5)19(12-15)33-3)21-17(13-20(29)34-4)27-28(24(21)31)16-9-7-6-8-10-16/h6-12,27H,13H2,1-5H3,(H,26,30)/b25-14+. The summed E-state index contributed by atoms with van der Waals surface area (Å²) in [5, 5.41) is 7.04. The van der Waals surface area contributed by atoms with Gasteiger partial charge in [0.05, 0.1) is 57.5 Å². The van der Waals surface area contributed by atoms with E-state index in [-0.39, 0.29) is 23.3 Å². The molecule has 0 saturated carbocycles.